The molecule has 1 N–H and O–H groups in total. The van der Waals surface area contributed by atoms with Gasteiger partial charge in [-0.2, -0.15) is 0 Å². The molecule has 128 valence electrons. The first-order valence-electron chi connectivity index (χ1n) is 8.04. The highest BCUT2D eigenvalue weighted by molar-refractivity contribution is 7.92. The predicted octanol–water partition coefficient (Wildman–Crippen LogP) is 3.34. The summed E-state index contributed by atoms with van der Waals surface area (Å²) >= 11 is 5.80. The van der Waals surface area contributed by atoms with Gasteiger partial charge in [0.15, 0.2) is 9.84 Å². The van der Waals surface area contributed by atoms with Gasteiger partial charge in [0, 0.05) is 11.1 Å². The second kappa shape index (κ2) is 7.67. The highest BCUT2D eigenvalue weighted by Crippen LogP contribution is 2.24. The van der Waals surface area contributed by atoms with Crippen molar-refractivity contribution in [1.29, 1.82) is 0 Å². The highest BCUT2D eigenvalue weighted by atomic mass is 35.5. The van der Waals surface area contributed by atoms with Crippen molar-refractivity contribution in [3.63, 3.8) is 0 Å². The lowest BCUT2D eigenvalue weighted by molar-refractivity contribution is -0.121. The molecule has 4 nitrogen and oxygen atoms in total. The Hall–Kier alpha value is -1.07. The molecule has 1 aromatic carbocycles. The fourth-order valence-electron chi connectivity index (χ4n) is 2.82. The Morgan fingerprint density at radius 1 is 1.22 bits per heavy atom. The Morgan fingerprint density at radius 2 is 1.78 bits per heavy atom. The summed E-state index contributed by atoms with van der Waals surface area (Å²) in [5, 5.41) is 2.42. The van der Waals surface area contributed by atoms with Crippen LogP contribution in [0, 0.1) is 5.92 Å². The SMILES string of the molecule is CC1CCC(NC(=O)C(C)S(=O)(=O)Cc2ccc(Cl)cc2)CC1. The molecular formula is C17H24ClNO3S. The van der Waals surface area contributed by atoms with Crippen LogP contribution in [0.3, 0.4) is 0 Å². The van der Waals surface area contributed by atoms with Gasteiger partial charge in [-0.15, -0.1) is 0 Å². The van der Waals surface area contributed by atoms with Crippen molar-refractivity contribution >= 4 is 27.3 Å². The van der Waals surface area contributed by atoms with Gasteiger partial charge >= 0.3 is 0 Å². The van der Waals surface area contributed by atoms with E-state index in [-0.39, 0.29) is 11.8 Å². The van der Waals surface area contributed by atoms with Gasteiger partial charge in [-0.3, -0.25) is 4.79 Å². The third-order valence-electron chi connectivity index (χ3n) is 4.55. The maximum Gasteiger partial charge on any atom is 0.238 e. The summed E-state index contributed by atoms with van der Waals surface area (Å²) in [7, 11) is -3.54. The van der Waals surface area contributed by atoms with Gasteiger partial charge in [0.25, 0.3) is 0 Å². The van der Waals surface area contributed by atoms with Crippen LogP contribution < -0.4 is 5.32 Å². The van der Waals surface area contributed by atoms with E-state index in [1.165, 1.54) is 6.92 Å². The van der Waals surface area contributed by atoms with Crippen LogP contribution in [0.4, 0.5) is 0 Å². The van der Waals surface area contributed by atoms with Crippen LogP contribution in [0.25, 0.3) is 0 Å². The van der Waals surface area contributed by atoms with Crippen LogP contribution in [-0.4, -0.2) is 25.6 Å². The zero-order valence-corrected chi connectivity index (χ0v) is 15.2. The monoisotopic (exact) mass is 357 g/mol. The van der Waals surface area contributed by atoms with Crippen molar-refractivity contribution in [3.05, 3.63) is 34.9 Å². The second-order valence-corrected chi connectivity index (χ2v) is 9.30. The minimum absolute atomic E-state index is 0.104. The highest BCUT2D eigenvalue weighted by Gasteiger charge is 2.30. The van der Waals surface area contributed by atoms with Crippen molar-refractivity contribution in [2.75, 3.05) is 0 Å². The molecule has 0 spiro atoms. The molecule has 0 heterocycles. The minimum atomic E-state index is -3.54. The maximum absolute atomic E-state index is 12.4. The van der Waals surface area contributed by atoms with Crippen molar-refractivity contribution in [2.24, 2.45) is 5.92 Å². The molecule has 0 saturated heterocycles. The first-order valence-corrected chi connectivity index (χ1v) is 10.1. The quantitative estimate of drug-likeness (QED) is 0.879. The molecule has 1 unspecified atom stereocenters. The van der Waals surface area contributed by atoms with E-state index in [0.29, 0.717) is 16.5 Å². The Bertz CT molecular complexity index is 634. The number of sulfone groups is 1. The minimum Gasteiger partial charge on any atom is -0.352 e. The standard InChI is InChI=1S/C17H24ClNO3S/c1-12-3-9-16(10-4-12)19-17(20)13(2)23(21,22)11-14-5-7-15(18)8-6-14/h5-8,12-13,16H,3-4,9-11H2,1-2H3,(H,19,20). The van der Waals surface area contributed by atoms with E-state index < -0.39 is 21.0 Å². The largest absolute Gasteiger partial charge is 0.352 e. The first kappa shape index (κ1) is 18.3. The molecule has 6 heteroatoms. The van der Waals surface area contributed by atoms with E-state index in [4.69, 9.17) is 11.6 Å². The molecule has 1 atom stereocenters. The number of amides is 1. The summed E-state index contributed by atoms with van der Waals surface area (Å²) in [5.74, 6) is 0.146. The zero-order valence-electron chi connectivity index (χ0n) is 13.6. The van der Waals surface area contributed by atoms with Gasteiger partial charge in [-0.05, 0) is 56.2 Å². The van der Waals surface area contributed by atoms with Crippen LogP contribution in [-0.2, 0) is 20.4 Å². The van der Waals surface area contributed by atoms with Gasteiger partial charge in [0.2, 0.25) is 5.91 Å². The first-order chi connectivity index (χ1) is 10.8. The number of rotatable bonds is 5. The molecule has 1 aliphatic rings. The van der Waals surface area contributed by atoms with E-state index in [2.05, 4.69) is 12.2 Å². The molecule has 1 aromatic rings. The molecule has 23 heavy (non-hydrogen) atoms. The predicted molar refractivity (Wildman–Crippen MR) is 93.1 cm³/mol. The number of hydrogen-bond acceptors (Lipinski definition) is 3. The fourth-order valence-corrected chi connectivity index (χ4v) is 4.25. The lowest BCUT2D eigenvalue weighted by Gasteiger charge is -2.27. The lowest BCUT2D eigenvalue weighted by atomic mass is 9.87. The smallest absolute Gasteiger partial charge is 0.238 e. The van der Waals surface area contributed by atoms with Gasteiger partial charge in [0.1, 0.15) is 5.25 Å². The van der Waals surface area contributed by atoms with E-state index in [1.807, 2.05) is 0 Å². The summed E-state index contributed by atoms with van der Waals surface area (Å²) in [6, 6.07) is 6.76. The second-order valence-electron chi connectivity index (χ2n) is 6.54. The molecule has 1 amide bonds. The average Bonchev–Trinajstić information content (AvgIpc) is 2.51. The molecule has 0 radical (unpaired) electrons. The Balaban J connectivity index is 1.95. The van der Waals surface area contributed by atoms with Gasteiger partial charge in [-0.1, -0.05) is 30.7 Å². The number of carbonyl (C=O) groups is 1. The number of hydrogen-bond donors (Lipinski definition) is 1. The average molecular weight is 358 g/mol. The summed E-state index contributed by atoms with van der Waals surface area (Å²) in [5.41, 5.74) is 0.639. The number of nitrogens with one attached hydrogen (secondary N) is 1. The third-order valence-corrected chi connectivity index (χ3v) is 6.83. The van der Waals surface area contributed by atoms with Crippen molar-refractivity contribution in [1.82, 2.24) is 5.32 Å². The molecule has 1 aliphatic carbocycles. The third kappa shape index (κ3) is 5.21. The maximum atomic E-state index is 12.4. The molecule has 1 saturated carbocycles. The van der Waals surface area contributed by atoms with Gasteiger partial charge in [-0.25, -0.2) is 8.42 Å². The Labute approximate surface area is 143 Å². The van der Waals surface area contributed by atoms with Crippen LogP contribution in [0.1, 0.15) is 45.1 Å². The number of benzene rings is 1. The summed E-state index contributed by atoms with van der Waals surface area (Å²) < 4.78 is 24.9. The van der Waals surface area contributed by atoms with Crippen molar-refractivity contribution in [3.8, 4) is 0 Å². The van der Waals surface area contributed by atoms with Crippen LogP contribution in [0.5, 0.6) is 0 Å². The topological polar surface area (TPSA) is 63.2 Å². The summed E-state index contributed by atoms with van der Waals surface area (Å²) in [4.78, 5) is 12.3. The summed E-state index contributed by atoms with van der Waals surface area (Å²) in [6.07, 6.45) is 4.02. The lowest BCUT2D eigenvalue weighted by Crippen LogP contribution is -2.44. The van der Waals surface area contributed by atoms with Crippen LogP contribution in [0.15, 0.2) is 24.3 Å². The number of carbonyl (C=O) groups excluding carboxylic acids is 1. The Kier molecular flexibility index (Phi) is 6.09. The summed E-state index contributed by atoms with van der Waals surface area (Å²) in [6.45, 7) is 3.67. The zero-order chi connectivity index (χ0) is 17.0. The van der Waals surface area contributed by atoms with Crippen molar-refractivity contribution in [2.45, 2.75) is 56.6 Å². The van der Waals surface area contributed by atoms with Crippen molar-refractivity contribution < 1.29 is 13.2 Å². The Morgan fingerprint density at radius 3 is 2.35 bits per heavy atom. The van der Waals surface area contributed by atoms with E-state index in [9.17, 15) is 13.2 Å². The van der Waals surface area contributed by atoms with Crippen LogP contribution in [0.2, 0.25) is 5.02 Å². The fraction of sp³-hybridized carbons (Fsp3) is 0.588. The van der Waals surface area contributed by atoms with Gasteiger partial charge in [0.05, 0.1) is 5.75 Å². The molecule has 0 aliphatic heterocycles. The molecule has 1 fully saturated rings. The molecule has 0 bridgehead atoms. The normalized spacial score (nSPS) is 23.3. The molecule has 2 rings (SSSR count). The number of halogens is 1. The van der Waals surface area contributed by atoms with Crippen LogP contribution >= 0.6 is 11.6 Å². The molecular weight excluding hydrogens is 334 g/mol. The van der Waals surface area contributed by atoms with E-state index in [0.717, 1.165) is 25.7 Å². The van der Waals surface area contributed by atoms with E-state index in [1.54, 1.807) is 24.3 Å². The van der Waals surface area contributed by atoms with Gasteiger partial charge < -0.3 is 5.32 Å². The molecule has 0 aromatic heterocycles. The van der Waals surface area contributed by atoms with E-state index >= 15 is 0 Å².